The van der Waals surface area contributed by atoms with Crippen LogP contribution in [0.15, 0.2) is 30.3 Å². The molecule has 3 nitrogen and oxygen atoms in total. The van der Waals surface area contributed by atoms with Crippen LogP contribution >= 0.6 is 11.8 Å². The van der Waals surface area contributed by atoms with Crippen molar-refractivity contribution in [2.75, 3.05) is 25.9 Å². The zero-order valence-electron chi connectivity index (χ0n) is 13.9. The van der Waals surface area contributed by atoms with Crippen molar-refractivity contribution in [1.29, 1.82) is 0 Å². The van der Waals surface area contributed by atoms with Crippen molar-refractivity contribution in [1.82, 2.24) is 10.2 Å². The molecule has 0 aromatic heterocycles. The van der Waals surface area contributed by atoms with Crippen molar-refractivity contribution in [2.24, 2.45) is 0 Å². The predicted octanol–water partition coefficient (Wildman–Crippen LogP) is 2.91. The van der Waals surface area contributed by atoms with Gasteiger partial charge in [-0.1, -0.05) is 55.0 Å². The molecular weight excluding hydrogens is 304 g/mol. The lowest BCUT2D eigenvalue weighted by Gasteiger charge is -2.12. The Kier molecular flexibility index (Phi) is 8.06. The van der Waals surface area contributed by atoms with E-state index in [2.05, 4.69) is 41.2 Å². The number of carbonyl (C=O) groups is 1. The molecule has 23 heavy (non-hydrogen) atoms. The van der Waals surface area contributed by atoms with Gasteiger partial charge >= 0.3 is 0 Å². The molecule has 0 atom stereocenters. The molecule has 0 unspecified atom stereocenters. The van der Waals surface area contributed by atoms with Crippen LogP contribution in [0.25, 0.3) is 0 Å². The molecule has 0 heterocycles. The van der Waals surface area contributed by atoms with E-state index in [0.29, 0.717) is 24.1 Å². The minimum atomic E-state index is 0.105. The van der Waals surface area contributed by atoms with Gasteiger partial charge in [-0.3, -0.25) is 9.69 Å². The highest BCUT2D eigenvalue weighted by Crippen LogP contribution is 2.28. The molecule has 2 rings (SSSR count). The summed E-state index contributed by atoms with van der Waals surface area (Å²) in [7, 11) is 2.05. The fourth-order valence-electron chi connectivity index (χ4n) is 2.65. The van der Waals surface area contributed by atoms with E-state index < -0.39 is 0 Å². The van der Waals surface area contributed by atoms with Crippen molar-refractivity contribution < 1.29 is 4.79 Å². The number of carbonyl (C=O) groups excluding carboxylic acids is 1. The SMILES string of the molecule is CN(CC#CCNC(=O)CSC1CCCC1)Cc1ccccc1. The van der Waals surface area contributed by atoms with Gasteiger partial charge in [0.15, 0.2) is 0 Å². The second-order valence-corrected chi connectivity index (χ2v) is 7.29. The number of hydrogen-bond acceptors (Lipinski definition) is 3. The summed E-state index contributed by atoms with van der Waals surface area (Å²) in [4.78, 5) is 13.9. The van der Waals surface area contributed by atoms with Crippen LogP contribution in [0.3, 0.4) is 0 Å². The Labute approximate surface area is 144 Å². The minimum Gasteiger partial charge on any atom is -0.344 e. The molecular formula is C19H26N2OS. The lowest BCUT2D eigenvalue weighted by Crippen LogP contribution is -2.26. The quantitative estimate of drug-likeness (QED) is 0.780. The first-order chi connectivity index (χ1) is 11.2. The standard InChI is InChI=1S/C19H26N2OS/c1-21(15-17-9-3-2-4-10-17)14-8-7-13-20-19(22)16-23-18-11-5-6-12-18/h2-4,9-10,18H,5-6,11-16H2,1H3,(H,20,22). The first-order valence-corrected chi connectivity index (χ1v) is 9.35. The van der Waals surface area contributed by atoms with Gasteiger partial charge in [-0.25, -0.2) is 0 Å². The lowest BCUT2D eigenvalue weighted by atomic mass is 10.2. The van der Waals surface area contributed by atoms with Gasteiger partial charge in [-0.05, 0) is 25.5 Å². The van der Waals surface area contributed by atoms with E-state index in [1.165, 1.54) is 31.2 Å². The van der Waals surface area contributed by atoms with Crippen molar-refractivity contribution in [3.05, 3.63) is 35.9 Å². The largest absolute Gasteiger partial charge is 0.344 e. The van der Waals surface area contributed by atoms with Crippen LogP contribution in [-0.4, -0.2) is 41.9 Å². The maximum absolute atomic E-state index is 11.7. The number of nitrogens with one attached hydrogen (secondary N) is 1. The van der Waals surface area contributed by atoms with Gasteiger partial charge < -0.3 is 5.32 Å². The van der Waals surface area contributed by atoms with Crippen LogP contribution in [-0.2, 0) is 11.3 Å². The molecule has 1 amide bonds. The zero-order valence-corrected chi connectivity index (χ0v) is 14.7. The third-order valence-corrected chi connectivity index (χ3v) is 5.27. The summed E-state index contributed by atoms with van der Waals surface area (Å²) in [6.45, 7) is 2.05. The van der Waals surface area contributed by atoms with E-state index in [9.17, 15) is 4.79 Å². The minimum absolute atomic E-state index is 0.105. The number of nitrogens with zero attached hydrogens (tertiary/aromatic N) is 1. The second kappa shape index (κ2) is 10.4. The maximum Gasteiger partial charge on any atom is 0.230 e. The monoisotopic (exact) mass is 330 g/mol. The molecule has 124 valence electrons. The molecule has 0 spiro atoms. The first kappa shape index (κ1) is 17.9. The van der Waals surface area contributed by atoms with Gasteiger partial charge in [0, 0.05) is 11.8 Å². The third kappa shape index (κ3) is 7.58. The highest BCUT2D eigenvalue weighted by Gasteiger charge is 2.16. The van der Waals surface area contributed by atoms with Gasteiger partial charge in [0.2, 0.25) is 5.91 Å². The van der Waals surface area contributed by atoms with Crippen LogP contribution in [0.1, 0.15) is 31.2 Å². The summed E-state index contributed by atoms with van der Waals surface area (Å²) >= 11 is 1.79. The summed E-state index contributed by atoms with van der Waals surface area (Å²) < 4.78 is 0. The van der Waals surface area contributed by atoms with Gasteiger partial charge in [0.25, 0.3) is 0 Å². The summed E-state index contributed by atoms with van der Waals surface area (Å²) in [6, 6.07) is 10.4. The smallest absolute Gasteiger partial charge is 0.230 e. The maximum atomic E-state index is 11.7. The Hall–Kier alpha value is -1.44. The molecule has 0 bridgehead atoms. The van der Waals surface area contributed by atoms with E-state index in [0.717, 1.165) is 6.54 Å². The van der Waals surface area contributed by atoms with Crippen LogP contribution in [0.4, 0.5) is 0 Å². The van der Waals surface area contributed by atoms with Crippen LogP contribution in [0, 0.1) is 11.8 Å². The van der Waals surface area contributed by atoms with Gasteiger partial charge in [-0.2, -0.15) is 0 Å². The fourth-order valence-corrected chi connectivity index (χ4v) is 3.80. The molecule has 0 aliphatic heterocycles. The molecule has 1 aliphatic rings. The summed E-state index contributed by atoms with van der Waals surface area (Å²) in [6.07, 6.45) is 5.18. The Morgan fingerprint density at radius 1 is 1.26 bits per heavy atom. The highest BCUT2D eigenvalue weighted by molar-refractivity contribution is 8.00. The molecule has 0 saturated heterocycles. The number of hydrogen-bond donors (Lipinski definition) is 1. The average molecular weight is 330 g/mol. The Morgan fingerprint density at radius 2 is 2.00 bits per heavy atom. The van der Waals surface area contributed by atoms with Crippen LogP contribution in [0.5, 0.6) is 0 Å². The summed E-state index contributed by atoms with van der Waals surface area (Å²) in [5.74, 6) is 6.82. The summed E-state index contributed by atoms with van der Waals surface area (Å²) in [5, 5.41) is 3.57. The Bertz CT molecular complexity index is 529. The molecule has 0 radical (unpaired) electrons. The molecule has 1 aromatic rings. The number of benzene rings is 1. The molecule has 1 fully saturated rings. The Balaban J connectivity index is 1.55. The fraction of sp³-hybridized carbons (Fsp3) is 0.526. The van der Waals surface area contributed by atoms with Crippen molar-refractivity contribution >= 4 is 17.7 Å². The van der Waals surface area contributed by atoms with Gasteiger partial charge in [-0.15, -0.1) is 11.8 Å². The predicted molar refractivity (Wildman–Crippen MR) is 98.3 cm³/mol. The van der Waals surface area contributed by atoms with Crippen molar-refractivity contribution in [3.8, 4) is 11.8 Å². The molecule has 1 saturated carbocycles. The second-order valence-electron chi connectivity index (χ2n) is 6.01. The molecule has 4 heteroatoms. The van der Waals surface area contributed by atoms with Crippen LogP contribution in [0.2, 0.25) is 0 Å². The van der Waals surface area contributed by atoms with E-state index in [4.69, 9.17) is 0 Å². The van der Waals surface area contributed by atoms with Gasteiger partial charge in [0.05, 0.1) is 18.8 Å². The molecule has 1 aliphatic carbocycles. The lowest BCUT2D eigenvalue weighted by molar-refractivity contribution is -0.118. The van der Waals surface area contributed by atoms with E-state index in [1.54, 1.807) is 11.8 Å². The van der Waals surface area contributed by atoms with Crippen molar-refractivity contribution in [2.45, 2.75) is 37.5 Å². The zero-order chi connectivity index (χ0) is 16.3. The highest BCUT2D eigenvalue weighted by atomic mass is 32.2. The first-order valence-electron chi connectivity index (χ1n) is 8.30. The van der Waals surface area contributed by atoms with Crippen molar-refractivity contribution in [3.63, 3.8) is 0 Å². The van der Waals surface area contributed by atoms with Crippen LogP contribution < -0.4 is 5.32 Å². The number of rotatable bonds is 7. The average Bonchev–Trinajstić information content (AvgIpc) is 3.07. The normalized spacial score (nSPS) is 14.5. The molecule has 1 N–H and O–H groups in total. The molecule has 1 aromatic carbocycles. The van der Waals surface area contributed by atoms with E-state index in [1.807, 2.05) is 18.2 Å². The summed E-state index contributed by atoms with van der Waals surface area (Å²) in [5.41, 5.74) is 1.29. The van der Waals surface area contributed by atoms with E-state index >= 15 is 0 Å². The van der Waals surface area contributed by atoms with Gasteiger partial charge in [0.1, 0.15) is 0 Å². The van der Waals surface area contributed by atoms with E-state index in [-0.39, 0.29) is 5.91 Å². The number of thioether (sulfide) groups is 1. The third-order valence-electron chi connectivity index (χ3n) is 3.90. The topological polar surface area (TPSA) is 32.3 Å². The Morgan fingerprint density at radius 3 is 2.74 bits per heavy atom. The number of amides is 1.